The van der Waals surface area contributed by atoms with E-state index in [-0.39, 0.29) is 41.8 Å². The van der Waals surface area contributed by atoms with Gasteiger partial charge in [-0.2, -0.15) is 0 Å². The molecule has 0 saturated heterocycles. The largest absolute Gasteiger partial charge is 3.00 e. The Kier molecular flexibility index (Phi) is 32.5. The number of hydrogen-bond donors (Lipinski definition) is 0. The molecule has 0 atom stereocenters. The first-order valence-corrected chi connectivity index (χ1v) is 5.80. The summed E-state index contributed by atoms with van der Waals surface area (Å²) >= 11 is 0. The molecule has 1 fully saturated rings. The Morgan fingerprint density at radius 3 is 0.765 bits per heavy atom. The summed E-state index contributed by atoms with van der Waals surface area (Å²) in [6.07, 6.45) is 21.5. The molecule has 2 aliphatic carbocycles. The van der Waals surface area contributed by atoms with Crippen LogP contribution in [0.1, 0.15) is 57.8 Å². The van der Waals surface area contributed by atoms with Crippen LogP contribution in [0.5, 0.6) is 0 Å². The van der Waals surface area contributed by atoms with Crippen molar-refractivity contribution in [3.8, 4) is 0 Å². The molecule has 2 aliphatic rings. The standard InChI is InChI=1S/C8H12.C5H10.3CH3.Rh/c1-2-4-6-8-7-5-3-1;1-2-4-5-3-1;;;;/h1-2,7-8H,3-6H2;1-5H2;3*1H3;/q;;3*-1;+3/b2-1-,8-7?;;;;;. The monoisotopic (exact) mass is 326 g/mol. The summed E-state index contributed by atoms with van der Waals surface area (Å²) in [5, 5.41) is 0. The van der Waals surface area contributed by atoms with Crippen molar-refractivity contribution in [3.05, 3.63) is 46.6 Å². The fourth-order valence-electron chi connectivity index (χ4n) is 1.74. The van der Waals surface area contributed by atoms with Gasteiger partial charge in [0, 0.05) is 0 Å². The Bertz CT molecular complexity index is 121. The molecule has 0 aliphatic heterocycles. The summed E-state index contributed by atoms with van der Waals surface area (Å²) in [6.45, 7) is 0. The maximum Gasteiger partial charge on any atom is 3.00 e. The molecule has 0 amide bonds. The molecule has 0 radical (unpaired) electrons. The van der Waals surface area contributed by atoms with E-state index in [2.05, 4.69) is 24.3 Å². The van der Waals surface area contributed by atoms with Gasteiger partial charge in [-0.1, -0.05) is 56.4 Å². The van der Waals surface area contributed by atoms with Crippen molar-refractivity contribution < 1.29 is 19.5 Å². The predicted octanol–water partition coefficient (Wildman–Crippen LogP) is 5.97. The molecule has 17 heavy (non-hydrogen) atoms. The molecular weight excluding hydrogens is 295 g/mol. The third-order valence-corrected chi connectivity index (χ3v) is 2.58. The first kappa shape index (κ1) is 25.8. The molecule has 0 unspecified atom stereocenters. The van der Waals surface area contributed by atoms with Crippen molar-refractivity contribution in [1.29, 1.82) is 0 Å². The van der Waals surface area contributed by atoms with Gasteiger partial charge in [-0.25, -0.2) is 0 Å². The van der Waals surface area contributed by atoms with E-state index in [0.29, 0.717) is 0 Å². The Labute approximate surface area is 124 Å². The van der Waals surface area contributed by atoms with E-state index in [1.54, 1.807) is 0 Å². The van der Waals surface area contributed by atoms with Crippen LogP contribution in [0.3, 0.4) is 0 Å². The second-order valence-electron chi connectivity index (χ2n) is 3.87. The third kappa shape index (κ3) is 18.7. The van der Waals surface area contributed by atoms with E-state index in [0.717, 1.165) is 0 Å². The number of rotatable bonds is 0. The summed E-state index contributed by atoms with van der Waals surface area (Å²) in [4.78, 5) is 0. The van der Waals surface area contributed by atoms with Crippen LogP contribution in [0.25, 0.3) is 0 Å². The van der Waals surface area contributed by atoms with Crippen LogP contribution in [0.15, 0.2) is 24.3 Å². The molecule has 0 nitrogen and oxygen atoms in total. The van der Waals surface area contributed by atoms with E-state index in [9.17, 15) is 0 Å². The van der Waals surface area contributed by atoms with Crippen LogP contribution in [-0.4, -0.2) is 0 Å². The molecule has 0 bridgehead atoms. The second-order valence-corrected chi connectivity index (χ2v) is 3.87. The van der Waals surface area contributed by atoms with Crippen LogP contribution in [0, 0.1) is 22.3 Å². The molecule has 2 rings (SSSR count). The molecule has 104 valence electrons. The van der Waals surface area contributed by atoms with Gasteiger partial charge in [0.1, 0.15) is 0 Å². The van der Waals surface area contributed by atoms with Gasteiger partial charge in [0.25, 0.3) is 0 Å². The first-order valence-electron chi connectivity index (χ1n) is 5.80. The molecule has 1 saturated carbocycles. The minimum absolute atomic E-state index is 0. The van der Waals surface area contributed by atoms with Gasteiger partial charge in [0.15, 0.2) is 0 Å². The van der Waals surface area contributed by atoms with E-state index in [4.69, 9.17) is 0 Å². The Morgan fingerprint density at radius 1 is 0.412 bits per heavy atom. The molecule has 0 spiro atoms. The zero-order valence-corrected chi connectivity index (χ0v) is 13.6. The first-order chi connectivity index (χ1) is 6.50. The van der Waals surface area contributed by atoms with Crippen LogP contribution in [0.4, 0.5) is 0 Å². The molecular formula is C16H31Rh. The van der Waals surface area contributed by atoms with Crippen LogP contribution < -0.4 is 0 Å². The van der Waals surface area contributed by atoms with Crippen molar-refractivity contribution >= 4 is 0 Å². The molecule has 0 aromatic heterocycles. The Hall–Kier alpha value is 0.103. The summed E-state index contributed by atoms with van der Waals surface area (Å²) in [7, 11) is 0. The second kappa shape index (κ2) is 21.4. The van der Waals surface area contributed by atoms with Crippen molar-refractivity contribution in [1.82, 2.24) is 0 Å². The van der Waals surface area contributed by atoms with Crippen molar-refractivity contribution in [2.24, 2.45) is 0 Å². The van der Waals surface area contributed by atoms with Crippen molar-refractivity contribution in [3.63, 3.8) is 0 Å². The minimum Gasteiger partial charge on any atom is -0.358 e. The zero-order chi connectivity index (χ0) is 9.19. The minimum atomic E-state index is 0. The van der Waals surface area contributed by atoms with Gasteiger partial charge in [0.2, 0.25) is 0 Å². The molecule has 0 N–H and O–H groups in total. The fraction of sp³-hybridized carbons (Fsp3) is 0.562. The summed E-state index contributed by atoms with van der Waals surface area (Å²) in [5.74, 6) is 0. The van der Waals surface area contributed by atoms with Gasteiger partial charge in [-0.05, 0) is 25.7 Å². The van der Waals surface area contributed by atoms with Gasteiger partial charge >= 0.3 is 19.5 Å². The van der Waals surface area contributed by atoms with E-state index in [1.807, 2.05) is 0 Å². The number of hydrogen-bond acceptors (Lipinski definition) is 0. The average Bonchev–Trinajstić information content (AvgIpc) is 2.58. The van der Waals surface area contributed by atoms with Crippen molar-refractivity contribution in [2.75, 3.05) is 0 Å². The Balaban J connectivity index is -0.0000000849. The van der Waals surface area contributed by atoms with Crippen LogP contribution >= 0.6 is 0 Å². The maximum absolute atomic E-state index is 2.27. The van der Waals surface area contributed by atoms with Crippen LogP contribution in [0.2, 0.25) is 0 Å². The maximum atomic E-state index is 2.27. The summed E-state index contributed by atoms with van der Waals surface area (Å²) in [5.41, 5.74) is 0. The summed E-state index contributed by atoms with van der Waals surface area (Å²) < 4.78 is 0. The van der Waals surface area contributed by atoms with Crippen molar-refractivity contribution in [2.45, 2.75) is 57.8 Å². The van der Waals surface area contributed by atoms with Gasteiger partial charge < -0.3 is 22.3 Å². The molecule has 0 heterocycles. The number of allylic oxidation sites excluding steroid dienone is 4. The van der Waals surface area contributed by atoms with Gasteiger partial charge in [-0.3, -0.25) is 0 Å². The third-order valence-electron chi connectivity index (χ3n) is 2.58. The Morgan fingerprint density at radius 2 is 0.588 bits per heavy atom. The SMILES string of the molecule is C1=CCC/C=C\CC1.C1CCCC1.[CH3-].[CH3-].[CH3-].[Rh+3]. The predicted molar refractivity (Wildman–Crippen MR) is 79.1 cm³/mol. The van der Waals surface area contributed by atoms with Gasteiger partial charge in [-0.15, -0.1) is 0 Å². The molecule has 1 heteroatoms. The topological polar surface area (TPSA) is 0 Å². The molecule has 0 aromatic carbocycles. The van der Waals surface area contributed by atoms with E-state index < -0.39 is 0 Å². The molecule has 0 aromatic rings. The fourth-order valence-corrected chi connectivity index (χ4v) is 1.74. The zero-order valence-electron chi connectivity index (χ0n) is 12.0. The average molecular weight is 326 g/mol. The van der Waals surface area contributed by atoms with Crippen LogP contribution in [-0.2, 0) is 19.5 Å². The summed E-state index contributed by atoms with van der Waals surface area (Å²) in [6, 6.07) is 0. The smallest absolute Gasteiger partial charge is 0.358 e. The van der Waals surface area contributed by atoms with Gasteiger partial charge in [0.05, 0.1) is 0 Å². The quantitative estimate of drug-likeness (QED) is 0.292. The van der Waals surface area contributed by atoms with E-state index in [1.165, 1.54) is 57.8 Å². The normalized spacial score (nSPS) is 18.4. The van der Waals surface area contributed by atoms with E-state index >= 15 is 0 Å².